The minimum atomic E-state index is -4.36. The summed E-state index contributed by atoms with van der Waals surface area (Å²) in [6.45, 7) is 0. The van der Waals surface area contributed by atoms with Gasteiger partial charge in [0.1, 0.15) is 0 Å². The average molecular weight is 330 g/mol. The predicted molar refractivity (Wildman–Crippen MR) is 62.2 cm³/mol. The molecule has 0 aliphatic heterocycles. The zero-order valence-electron chi connectivity index (χ0n) is 8.52. The first-order chi connectivity index (χ1) is 7.87. The fourth-order valence-corrected chi connectivity index (χ4v) is 2.72. The SMILES string of the molecule is Fc1c(Br)csc1C(CC(F)(F)F)=NC1CC1. The molecule has 0 spiro atoms. The van der Waals surface area contributed by atoms with Gasteiger partial charge in [-0.15, -0.1) is 11.3 Å². The van der Waals surface area contributed by atoms with Gasteiger partial charge in [-0.25, -0.2) is 4.39 Å². The zero-order valence-corrected chi connectivity index (χ0v) is 10.9. The summed E-state index contributed by atoms with van der Waals surface area (Å²) in [4.78, 5) is 3.95. The van der Waals surface area contributed by atoms with E-state index in [1.807, 2.05) is 0 Å². The highest BCUT2D eigenvalue weighted by molar-refractivity contribution is 9.10. The summed E-state index contributed by atoms with van der Waals surface area (Å²) in [5.74, 6) is -0.654. The molecule has 0 bridgehead atoms. The molecule has 1 aliphatic carbocycles. The quantitative estimate of drug-likeness (QED) is 0.569. The Morgan fingerprint density at radius 3 is 2.53 bits per heavy atom. The molecule has 1 fully saturated rings. The fraction of sp³-hybridized carbons (Fsp3) is 0.500. The van der Waals surface area contributed by atoms with Crippen molar-refractivity contribution in [1.29, 1.82) is 0 Å². The molecule has 0 saturated heterocycles. The van der Waals surface area contributed by atoms with E-state index in [0.29, 0.717) is 0 Å². The van der Waals surface area contributed by atoms with Gasteiger partial charge in [-0.1, -0.05) is 0 Å². The normalized spacial score (nSPS) is 17.6. The number of rotatable bonds is 3. The highest BCUT2D eigenvalue weighted by Crippen LogP contribution is 2.33. The summed E-state index contributed by atoms with van der Waals surface area (Å²) < 4.78 is 50.9. The Morgan fingerprint density at radius 2 is 2.12 bits per heavy atom. The monoisotopic (exact) mass is 329 g/mol. The second-order valence-corrected chi connectivity index (χ2v) is 5.56. The van der Waals surface area contributed by atoms with E-state index in [-0.39, 0.29) is 21.1 Å². The minimum Gasteiger partial charge on any atom is -0.285 e. The molecule has 1 aromatic heterocycles. The largest absolute Gasteiger partial charge is 0.394 e. The summed E-state index contributed by atoms with van der Waals surface area (Å²) in [5, 5.41) is 1.43. The molecular weight excluding hydrogens is 322 g/mol. The van der Waals surface area contributed by atoms with E-state index < -0.39 is 18.4 Å². The molecule has 1 aromatic rings. The van der Waals surface area contributed by atoms with Crippen LogP contribution in [0.1, 0.15) is 24.1 Å². The molecule has 1 nitrogen and oxygen atoms in total. The van der Waals surface area contributed by atoms with Crippen molar-refractivity contribution in [3.05, 3.63) is 20.5 Å². The van der Waals surface area contributed by atoms with Crippen LogP contribution in [0.25, 0.3) is 0 Å². The third-order valence-corrected chi connectivity index (χ3v) is 4.09. The van der Waals surface area contributed by atoms with Gasteiger partial charge >= 0.3 is 6.18 Å². The second-order valence-electron chi connectivity index (χ2n) is 3.83. The number of hydrogen-bond donors (Lipinski definition) is 0. The van der Waals surface area contributed by atoms with Crippen molar-refractivity contribution >= 4 is 33.0 Å². The summed E-state index contributed by atoms with van der Waals surface area (Å²) in [7, 11) is 0. The van der Waals surface area contributed by atoms with Gasteiger partial charge in [0.2, 0.25) is 0 Å². The molecule has 0 radical (unpaired) electrons. The van der Waals surface area contributed by atoms with Crippen LogP contribution in [0.4, 0.5) is 17.6 Å². The molecule has 0 amide bonds. The van der Waals surface area contributed by atoms with Crippen LogP contribution in [0.15, 0.2) is 14.8 Å². The van der Waals surface area contributed by atoms with E-state index in [1.165, 1.54) is 5.38 Å². The molecule has 17 heavy (non-hydrogen) atoms. The Kier molecular flexibility index (Phi) is 3.58. The van der Waals surface area contributed by atoms with Gasteiger partial charge in [0.15, 0.2) is 5.82 Å². The molecule has 2 rings (SSSR count). The van der Waals surface area contributed by atoms with Crippen LogP contribution in [0.3, 0.4) is 0 Å². The molecule has 0 atom stereocenters. The van der Waals surface area contributed by atoms with Crippen molar-refractivity contribution in [1.82, 2.24) is 0 Å². The van der Waals surface area contributed by atoms with Gasteiger partial charge in [-0.05, 0) is 28.8 Å². The van der Waals surface area contributed by atoms with Gasteiger partial charge in [0.25, 0.3) is 0 Å². The zero-order chi connectivity index (χ0) is 12.6. The molecule has 1 aliphatic rings. The van der Waals surface area contributed by atoms with Crippen LogP contribution in [-0.2, 0) is 0 Å². The maximum absolute atomic E-state index is 13.6. The third kappa shape index (κ3) is 3.51. The highest BCUT2D eigenvalue weighted by Gasteiger charge is 2.33. The number of halogens is 5. The van der Waals surface area contributed by atoms with Crippen molar-refractivity contribution in [2.45, 2.75) is 31.5 Å². The maximum Gasteiger partial charge on any atom is 0.394 e. The van der Waals surface area contributed by atoms with E-state index >= 15 is 0 Å². The van der Waals surface area contributed by atoms with Crippen LogP contribution in [0.2, 0.25) is 0 Å². The predicted octanol–water partition coefficient (Wildman–Crippen LogP) is 4.55. The first kappa shape index (κ1) is 13.0. The molecule has 94 valence electrons. The second kappa shape index (κ2) is 4.68. The average Bonchev–Trinajstić information content (AvgIpc) is 2.93. The van der Waals surface area contributed by atoms with Crippen molar-refractivity contribution in [3.63, 3.8) is 0 Å². The van der Waals surface area contributed by atoms with Crippen LogP contribution in [0, 0.1) is 5.82 Å². The van der Waals surface area contributed by atoms with Gasteiger partial charge in [-0.3, -0.25) is 4.99 Å². The molecule has 1 saturated carbocycles. The minimum absolute atomic E-state index is 0.0129. The molecular formula is C10H8BrF4NS. The summed E-state index contributed by atoms with van der Waals surface area (Å²) in [6, 6.07) is -0.0624. The Balaban J connectivity index is 2.30. The summed E-state index contributed by atoms with van der Waals surface area (Å²) in [5.41, 5.74) is -0.187. The molecule has 0 unspecified atom stereocenters. The summed E-state index contributed by atoms with van der Waals surface area (Å²) in [6.07, 6.45) is -3.96. The Bertz CT molecular complexity index is 448. The molecule has 7 heteroatoms. The lowest BCUT2D eigenvalue weighted by atomic mass is 10.2. The van der Waals surface area contributed by atoms with E-state index in [0.717, 1.165) is 24.2 Å². The van der Waals surface area contributed by atoms with Crippen molar-refractivity contribution in [2.75, 3.05) is 0 Å². The van der Waals surface area contributed by atoms with Crippen LogP contribution >= 0.6 is 27.3 Å². The molecule has 1 heterocycles. The van der Waals surface area contributed by atoms with Crippen LogP contribution in [0.5, 0.6) is 0 Å². The third-order valence-electron chi connectivity index (χ3n) is 2.20. The lowest BCUT2D eigenvalue weighted by Gasteiger charge is -2.08. The Labute approximate surface area is 108 Å². The number of hydrogen-bond acceptors (Lipinski definition) is 2. The number of aliphatic imine (C=N–C) groups is 1. The fourth-order valence-electron chi connectivity index (χ4n) is 1.32. The van der Waals surface area contributed by atoms with Crippen LogP contribution < -0.4 is 0 Å². The van der Waals surface area contributed by atoms with Crippen molar-refractivity contribution in [2.24, 2.45) is 4.99 Å². The van der Waals surface area contributed by atoms with E-state index in [1.54, 1.807) is 0 Å². The standard InChI is InChI=1S/C10H8BrF4NS/c11-6-4-17-9(8(6)12)7(3-10(13,14)15)16-5-1-2-5/h4-5H,1-3H2. The smallest absolute Gasteiger partial charge is 0.285 e. The highest BCUT2D eigenvalue weighted by atomic mass is 79.9. The van der Waals surface area contributed by atoms with Crippen molar-refractivity contribution < 1.29 is 17.6 Å². The number of alkyl halides is 3. The maximum atomic E-state index is 13.6. The number of thiophene rings is 1. The Hall–Kier alpha value is -0.430. The molecule has 0 N–H and O–H groups in total. The van der Waals surface area contributed by atoms with Crippen molar-refractivity contribution in [3.8, 4) is 0 Å². The topological polar surface area (TPSA) is 12.4 Å². The summed E-state index contributed by atoms with van der Waals surface area (Å²) >= 11 is 3.89. The van der Waals surface area contributed by atoms with E-state index in [2.05, 4.69) is 20.9 Å². The van der Waals surface area contributed by atoms with E-state index in [4.69, 9.17) is 0 Å². The van der Waals surface area contributed by atoms with Gasteiger partial charge in [0, 0.05) is 5.38 Å². The van der Waals surface area contributed by atoms with Gasteiger partial charge in [-0.2, -0.15) is 13.2 Å². The first-order valence-electron chi connectivity index (χ1n) is 4.93. The van der Waals surface area contributed by atoms with Gasteiger partial charge < -0.3 is 0 Å². The lowest BCUT2D eigenvalue weighted by molar-refractivity contribution is -0.121. The Morgan fingerprint density at radius 1 is 1.47 bits per heavy atom. The first-order valence-corrected chi connectivity index (χ1v) is 6.60. The van der Waals surface area contributed by atoms with Gasteiger partial charge in [0.05, 0.1) is 27.5 Å². The molecule has 0 aromatic carbocycles. The lowest BCUT2D eigenvalue weighted by Crippen LogP contribution is -2.16. The van der Waals surface area contributed by atoms with E-state index in [9.17, 15) is 17.6 Å². The van der Waals surface area contributed by atoms with Crippen LogP contribution in [-0.4, -0.2) is 17.9 Å². The number of nitrogens with zero attached hydrogens (tertiary/aromatic N) is 1.